The summed E-state index contributed by atoms with van der Waals surface area (Å²) in [5.74, 6) is -1.69. The molecule has 35 heavy (non-hydrogen) atoms. The van der Waals surface area contributed by atoms with Crippen LogP contribution in [-0.2, 0) is 31.2 Å². The molecule has 8 nitrogen and oxygen atoms in total. The highest BCUT2D eigenvalue weighted by atomic mass is 16.5. The van der Waals surface area contributed by atoms with E-state index in [1.54, 1.807) is 18.2 Å². The van der Waals surface area contributed by atoms with E-state index >= 15 is 0 Å². The zero-order chi connectivity index (χ0) is 24.7. The number of rotatable bonds is 6. The number of aromatic nitrogens is 2. The van der Waals surface area contributed by atoms with Gasteiger partial charge in [-0.25, -0.2) is 9.59 Å². The van der Waals surface area contributed by atoms with Crippen LogP contribution < -0.4 is 17.0 Å². The Morgan fingerprint density at radius 2 is 1.66 bits per heavy atom. The maximum Gasteiger partial charge on any atom is 0.339 e. The minimum atomic E-state index is -0.830. The summed E-state index contributed by atoms with van der Waals surface area (Å²) in [6.07, 6.45) is 1.84. The fraction of sp³-hybridized carbons (Fsp3) is 0.185. The van der Waals surface area contributed by atoms with E-state index in [1.165, 1.54) is 18.2 Å². The number of nitrogens with two attached hydrogens (primary N) is 1. The highest BCUT2D eigenvalue weighted by molar-refractivity contribution is 6.08. The third-order valence-corrected chi connectivity index (χ3v) is 6.48. The van der Waals surface area contributed by atoms with E-state index in [0.717, 1.165) is 38.3 Å². The standard InChI is InChI=1S/C27H23N3O5/c1-29-25(32)23(24(28)30(27(29)34)14-16-6-3-2-4-7-16)21(31)15-35-26(33)20-13-12-18-11-10-17-8-5-9-19(20)22(17)18/h2-9,12-13H,10-11,14-15,28H2,1H3. The van der Waals surface area contributed by atoms with Crippen LogP contribution in [0.5, 0.6) is 0 Å². The number of Topliss-reactive ketones (excluding diaryl/α,β-unsaturated/α-hetero) is 1. The number of benzene rings is 3. The molecule has 0 spiro atoms. The Kier molecular flexibility index (Phi) is 5.56. The van der Waals surface area contributed by atoms with Crippen LogP contribution in [0.25, 0.3) is 10.8 Å². The van der Waals surface area contributed by atoms with Crippen molar-refractivity contribution in [1.82, 2.24) is 9.13 Å². The molecule has 1 aliphatic carbocycles. The van der Waals surface area contributed by atoms with Crippen LogP contribution in [0.1, 0.15) is 37.4 Å². The fourth-order valence-electron chi connectivity index (χ4n) is 4.67. The molecule has 5 rings (SSSR count). The van der Waals surface area contributed by atoms with Crippen molar-refractivity contribution >= 4 is 28.3 Å². The number of carbonyl (C=O) groups excluding carboxylic acids is 2. The molecule has 0 aliphatic heterocycles. The number of ether oxygens (including phenoxy) is 1. The maximum atomic E-state index is 13.0. The second-order valence-corrected chi connectivity index (χ2v) is 8.59. The van der Waals surface area contributed by atoms with Gasteiger partial charge >= 0.3 is 11.7 Å². The summed E-state index contributed by atoms with van der Waals surface area (Å²) in [6, 6.07) is 18.5. The first-order valence-corrected chi connectivity index (χ1v) is 11.2. The van der Waals surface area contributed by atoms with Gasteiger partial charge in [-0.2, -0.15) is 0 Å². The zero-order valence-corrected chi connectivity index (χ0v) is 19.1. The van der Waals surface area contributed by atoms with Crippen LogP contribution in [0, 0.1) is 0 Å². The molecule has 0 radical (unpaired) electrons. The van der Waals surface area contributed by atoms with Gasteiger partial charge in [0, 0.05) is 7.05 Å². The van der Waals surface area contributed by atoms with Gasteiger partial charge in [-0.3, -0.25) is 18.7 Å². The molecule has 0 bridgehead atoms. The van der Waals surface area contributed by atoms with Crippen molar-refractivity contribution in [1.29, 1.82) is 0 Å². The van der Waals surface area contributed by atoms with E-state index < -0.39 is 29.6 Å². The van der Waals surface area contributed by atoms with E-state index in [0.29, 0.717) is 5.56 Å². The van der Waals surface area contributed by atoms with Crippen molar-refractivity contribution < 1.29 is 14.3 Å². The van der Waals surface area contributed by atoms with E-state index in [4.69, 9.17) is 10.5 Å². The van der Waals surface area contributed by atoms with Crippen LogP contribution in [0.4, 0.5) is 5.82 Å². The van der Waals surface area contributed by atoms with E-state index in [2.05, 4.69) is 0 Å². The third-order valence-electron chi connectivity index (χ3n) is 6.48. The molecule has 0 fully saturated rings. The molecule has 4 aromatic rings. The van der Waals surface area contributed by atoms with E-state index in [9.17, 15) is 19.2 Å². The minimum absolute atomic E-state index is 0.0837. The summed E-state index contributed by atoms with van der Waals surface area (Å²) in [7, 11) is 1.28. The lowest BCUT2D eigenvalue weighted by Gasteiger charge is -2.15. The molecular weight excluding hydrogens is 446 g/mol. The summed E-state index contributed by atoms with van der Waals surface area (Å²) in [4.78, 5) is 51.3. The maximum absolute atomic E-state index is 13.0. The van der Waals surface area contributed by atoms with Crippen molar-refractivity contribution in [2.45, 2.75) is 19.4 Å². The quantitative estimate of drug-likeness (QED) is 0.343. The fourth-order valence-corrected chi connectivity index (χ4v) is 4.67. The lowest BCUT2D eigenvalue weighted by atomic mass is 10.00. The third kappa shape index (κ3) is 3.82. The molecule has 1 aromatic heterocycles. The smallest absolute Gasteiger partial charge is 0.339 e. The van der Waals surface area contributed by atoms with E-state index in [-0.39, 0.29) is 17.9 Å². The summed E-state index contributed by atoms with van der Waals surface area (Å²) < 4.78 is 7.30. The molecule has 1 aliphatic rings. The van der Waals surface area contributed by atoms with Crippen LogP contribution in [-0.4, -0.2) is 27.5 Å². The molecule has 3 aromatic carbocycles. The lowest BCUT2D eigenvalue weighted by Crippen LogP contribution is -2.43. The predicted octanol–water partition coefficient (Wildman–Crippen LogP) is 2.47. The van der Waals surface area contributed by atoms with Crippen LogP contribution in [0.15, 0.2) is 70.3 Å². The van der Waals surface area contributed by atoms with Gasteiger partial charge in [0.1, 0.15) is 11.4 Å². The van der Waals surface area contributed by atoms with Gasteiger partial charge in [-0.05, 0) is 46.4 Å². The van der Waals surface area contributed by atoms with Crippen LogP contribution in [0.3, 0.4) is 0 Å². The Bertz CT molecular complexity index is 1610. The molecule has 0 saturated heterocycles. The second-order valence-electron chi connectivity index (χ2n) is 8.59. The number of anilines is 1. The van der Waals surface area contributed by atoms with Crippen molar-refractivity contribution in [2.24, 2.45) is 7.05 Å². The number of carbonyl (C=O) groups is 2. The Morgan fingerprint density at radius 1 is 0.943 bits per heavy atom. The second kappa shape index (κ2) is 8.72. The molecule has 0 unspecified atom stereocenters. The first kappa shape index (κ1) is 22.3. The SMILES string of the molecule is Cn1c(=O)c(C(=O)COC(=O)c2ccc3c4c(cccc24)CC3)c(N)n(Cc2ccccc2)c1=O. The highest BCUT2D eigenvalue weighted by Crippen LogP contribution is 2.33. The Hall–Kier alpha value is -4.46. The summed E-state index contributed by atoms with van der Waals surface area (Å²) in [6.45, 7) is -0.592. The first-order chi connectivity index (χ1) is 16.9. The van der Waals surface area contributed by atoms with Crippen molar-refractivity contribution in [2.75, 3.05) is 12.3 Å². The van der Waals surface area contributed by atoms with Gasteiger partial charge in [0.2, 0.25) is 5.78 Å². The highest BCUT2D eigenvalue weighted by Gasteiger charge is 2.24. The normalized spacial score (nSPS) is 12.1. The average molecular weight is 469 g/mol. The monoisotopic (exact) mass is 469 g/mol. The molecule has 176 valence electrons. The van der Waals surface area contributed by atoms with Gasteiger partial charge in [0.15, 0.2) is 6.61 Å². The van der Waals surface area contributed by atoms with Crippen molar-refractivity contribution in [3.8, 4) is 0 Å². The van der Waals surface area contributed by atoms with Crippen molar-refractivity contribution in [3.63, 3.8) is 0 Å². The molecular formula is C27H23N3O5. The van der Waals surface area contributed by atoms with Crippen LogP contribution >= 0.6 is 0 Å². The zero-order valence-electron chi connectivity index (χ0n) is 19.1. The topological polar surface area (TPSA) is 113 Å². The molecule has 2 N–H and O–H groups in total. The summed E-state index contributed by atoms with van der Waals surface area (Å²) in [5.41, 5.74) is 7.77. The molecule has 1 heterocycles. The Morgan fingerprint density at radius 3 is 2.40 bits per heavy atom. The molecule has 8 heteroatoms. The molecule has 0 amide bonds. The minimum Gasteiger partial charge on any atom is -0.454 e. The van der Waals surface area contributed by atoms with Gasteiger partial charge in [-0.15, -0.1) is 0 Å². The predicted molar refractivity (Wildman–Crippen MR) is 132 cm³/mol. The number of nitrogen functional groups attached to an aromatic ring is 1. The summed E-state index contributed by atoms with van der Waals surface area (Å²) in [5, 5.41) is 1.83. The number of hydrogen-bond donors (Lipinski definition) is 1. The van der Waals surface area contributed by atoms with Gasteiger partial charge in [0.05, 0.1) is 12.1 Å². The van der Waals surface area contributed by atoms with Crippen LogP contribution in [0.2, 0.25) is 0 Å². The Labute approximate surface area is 200 Å². The first-order valence-electron chi connectivity index (χ1n) is 11.2. The number of esters is 1. The summed E-state index contributed by atoms with van der Waals surface area (Å²) >= 11 is 0. The van der Waals surface area contributed by atoms with Gasteiger partial charge < -0.3 is 10.5 Å². The van der Waals surface area contributed by atoms with Gasteiger partial charge in [0.25, 0.3) is 5.56 Å². The lowest BCUT2D eigenvalue weighted by molar-refractivity contribution is 0.0476. The Balaban J connectivity index is 1.43. The molecule has 0 atom stereocenters. The van der Waals surface area contributed by atoms with Crippen molar-refractivity contribution in [3.05, 3.63) is 109 Å². The number of nitrogens with zero attached hydrogens (tertiary/aromatic N) is 2. The average Bonchev–Trinajstić information content (AvgIpc) is 3.30. The number of hydrogen-bond acceptors (Lipinski definition) is 6. The number of ketones is 1. The van der Waals surface area contributed by atoms with Gasteiger partial charge in [-0.1, -0.05) is 54.6 Å². The number of aryl methyl sites for hydroxylation is 2. The molecule has 0 saturated carbocycles. The van der Waals surface area contributed by atoms with E-state index in [1.807, 2.05) is 42.5 Å². The largest absolute Gasteiger partial charge is 0.454 e.